The van der Waals surface area contributed by atoms with Crippen LogP contribution in [0.25, 0.3) is 5.69 Å². The lowest BCUT2D eigenvalue weighted by molar-refractivity contribution is 0.400. The van der Waals surface area contributed by atoms with Crippen molar-refractivity contribution in [2.24, 2.45) is 5.73 Å². The first-order valence-corrected chi connectivity index (χ1v) is 5.92. The van der Waals surface area contributed by atoms with E-state index in [1.807, 2.05) is 0 Å². The van der Waals surface area contributed by atoms with E-state index in [1.54, 1.807) is 19.1 Å². The number of nitrogens with zero attached hydrogens (tertiary/aromatic N) is 4. The largest absolute Gasteiger partial charge is 0.495 e. The zero-order chi connectivity index (χ0) is 14.0. The van der Waals surface area contributed by atoms with E-state index in [0.29, 0.717) is 28.0 Å². The van der Waals surface area contributed by atoms with Gasteiger partial charge in [0.15, 0.2) is 5.82 Å². The molecule has 0 aliphatic rings. The molecule has 1 aromatic carbocycles. The van der Waals surface area contributed by atoms with E-state index in [0.717, 1.165) is 0 Å². The molecule has 0 fully saturated rings. The van der Waals surface area contributed by atoms with Crippen LogP contribution in [-0.4, -0.2) is 34.4 Å². The Morgan fingerprint density at radius 2 is 1.95 bits per heavy atom. The molecule has 0 aliphatic heterocycles. The maximum Gasteiger partial charge on any atom is 0.173 e. The Labute approximate surface area is 115 Å². The van der Waals surface area contributed by atoms with Crippen molar-refractivity contribution in [3.05, 3.63) is 23.0 Å². The topological polar surface area (TPSA) is 88.1 Å². The molecule has 0 bridgehead atoms. The molecule has 2 aromatic rings. The van der Waals surface area contributed by atoms with E-state index in [1.165, 1.54) is 18.9 Å². The second-order valence-corrected chi connectivity index (χ2v) is 4.30. The van der Waals surface area contributed by atoms with Crippen molar-refractivity contribution in [3.63, 3.8) is 0 Å². The van der Waals surface area contributed by atoms with Gasteiger partial charge in [0.05, 0.1) is 25.3 Å². The van der Waals surface area contributed by atoms with Gasteiger partial charge in [-0.3, -0.25) is 0 Å². The smallest absolute Gasteiger partial charge is 0.173 e. The Kier molecular flexibility index (Phi) is 3.87. The van der Waals surface area contributed by atoms with Crippen LogP contribution in [-0.2, 0) is 0 Å². The summed E-state index contributed by atoms with van der Waals surface area (Å²) in [7, 11) is 3.07. The van der Waals surface area contributed by atoms with Crippen molar-refractivity contribution in [3.8, 4) is 17.2 Å². The lowest BCUT2D eigenvalue weighted by atomic mass is 10.2. The van der Waals surface area contributed by atoms with Gasteiger partial charge in [0.25, 0.3) is 0 Å². The first-order chi connectivity index (χ1) is 9.08. The summed E-state index contributed by atoms with van der Waals surface area (Å²) >= 11 is 6.05. The quantitative estimate of drug-likeness (QED) is 0.911. The van der Waals surface area contributed by atoms with E-state index in [4.69, 9.17) is 26.8 Å². The number of aromatic nitrogens is 4. The van der Waals surface area contributed by atoms with Crippen LogP contribution in [0.1, 0.15) is 18.8 Å². The summed E-state index contributed by atoms with van der Waals surface area (Å²) in [6.45, 7) is 1.79. The number of nitrogens with two attached hydrogens (primary N) is 1. The minimum absolute atomic E-state index is 0.318. The summed E-state index contributed by atoms with van der Waals surface area (Å²) in [6, 6.07) is 3.02. The van der Waals surface area contributed by atoms with Crippen LogP contribution in [0.4, 0.5) is 0 Å². The number of halogens is 1. The molecule has 0 aliphatic carbocycles. The van der Waals surface area contributed by atoms with Crippen LogP contribution in [0.15, 0.2) is 12.1 Å². The Hall–Kier alpha value is -1.86. The second kappa shape index (κ2) is 5.41. The summed E-state index contributed by atoms with van der Waals surface area (Å²) in [5.41, 5.74) is 6.44. The van der Waals surface area contributed by atoms with E-state index in [2.05, 4.69) is 15.5 Å². The molecule has 1 atom stereocenters. The lowest BCUT2D eigenvalue weighted by Crippen LogP contribution is -2.14. The Morgan fingerprint density at radius 1 is 1.26 bits per heavy atom. The van der Waals surface area contributed by atoms with Crippen LogP contribution in [0.5, 0.6) is 11.5 Å². The minimum atomic E-state index is -0.318. The molecule has 0 amide bonds. The number of ether oxygens (including phenoxy) is 2. The summed E-state index contributed by atoms with van der Waals surface area (Å²) in [6.07, 6.45) is 0. The van der Waals surface area contributed by atoms with Crippen LogP contribution < -0.4 is 15.2 Å². The van der Waals surface area contributed by atoms with Gasteiger partial charge in [-0.25, -0.2) is 0 Å². The van der Waals surface area contributed by atoms with Gasteiger partial charge in [0.2, 0.25) is 0 Å². The van der Waals surface area contributed by atoms with Crippen LogP contribution in [0, 0.1) is 0 Å². The van der Waals surface area contributed by atoms with Crippen molar-refractivity contribution < 1.29 is 9.47 Å². The molecule has 1 unspecified atom stereocenters. The van der Waals surface area contributed by atoms with Gasteiger partial charge in [0, 0.05) is 12.1 Å². The number of benzene rings is 1. The summed E-state index contributed by atoms with van der Waals surface area (Å²) in [5, 5.41) is 11.9. The van der Waals surface area contributed by atoms with Gasteiger partial charge >= 0.3 is 0 Å². The molecule has 19 heavy (non-hydrogen) atoms. The Bertz CT molecular complexity index is 584. The van der Waals surface area contributed by atoms with Gasteiger partial charge in [-0.05, 0) is 17.4 Å². The highest BCUT2D eigenvalue weighted by atomic mass is 35.5. The molecule has 8 heteroatoms. The molecule has 0 radical (unpaired) electrons. The highest BCUT2D eigenvalue weighted by molar-refractivity contribution is 6.32. The average Bonchev–Trinajstić information content (AvgIpc) is 2.87. The van der Waals surface area contributed by atoms with Crippen molar-refractivity contribution >= 4 is 11.6 Å². The zero-order valence-corrected chi connectivity index (χ0v) is 11.5. The zero-order valence-electron chi connectivity index (χ0n) is 10.8. The van der Waals surface area contributed by atoms with Gasteiger partial charge < -0.3 is 15.2 Å². The van der Waals surface area contributed by atoms with Crippen molar-refractivity contribution in [1.29, 1.82) is 0 Å². The first-order valence-electron chi connectivity index (χ1n) is 5.54. The van der Waals surface area contributed by atoms with Crippen LogP contribution in [0.2, 0.25) is 5.02 Å². The molecule has 2 N–H and O–H groups in total. The molecular formula is C11H14ClN5O2. The number of hydrogen-bond donors (Lipinski definition) is 1. The lowest BCUT2D eigenvalue weighted by Gasteiger charge is -2.13. The van der Waals surface area contributed by atoms with Crippen LogP contribution in [0.3, 0.4) is 0 Å². The third kappa shape index (κ3) is 2.47. The van der Waals surface area contributed by atoms with Crippen molar-refractivity contribution in [2.45, 2.75) is 13.0 Å². The summed E-state index contributed by atoms with van der Waals surface area (Å²) in [4.78, 5) is 0. The van der Waals surface area contributed by atoms with E-state index in [-0.39, 0.29) is 6.04 Å². The fraction of sp³-hybridized carbons (Fsp3) is 0.364. The monoisotopic (exact) mass is 283 g/mol. The maximum absolute atomic E-state index is 6.05. The second-order valence-electron chi connectivity index (χ2n) is 3.90. The number of rotatable bonds is 4. The molecule has 7 nitrogen and oxygen atoms in total. The third-order valence-electron chi connectivity index (χ3n) is 2.58. The van der Waals surface area contributed by atoms with E-state index in [9.17, 15) is 0 Å². The highest BCUT2D eigenvalue weighted by Gasteiger charge is 2.18. The van der Waals surface area contributed by atoms with Crippen molar-refractivity contribution in [1.82, 2.24) is 20.2 Å². The predicted molar refractivity (Wildman–Crippen MR) is 69.9 cm³/mol. The molecule has 0 saturated carbocycles. The molecule has 1 aromatic heterocycles. The maximum atomic E-state index is 6.05. The normalized spacial score (nSPS) is 12.3. The molecular weight excluding hydrogens is 270 g/mol. The van der Waals surface area contributed by atoms with E-state index >= 15 is 0 Å². The first kappa shape index (κ1) is 13.6. The molecule has 2 rings (SSSR count). The molecule has 0 spiro atoms. The minimum Gasteiger partial charge on any atom is -0.495 e. The van der Waals surface area contributed by atoms with E-state index < -0.39 is 0 Å². The average molecular weight is 284 g/mol. The number of methoxy groups -OCH3 is 2. The Morgan fingerprint density at radius 3 is 2.53 bits per heavy atom. The molecule has 102 valence electrons. The van der Waals surface area contributed by atoms with Gasteiger partial charge in [-0.2, -0.15) is 4.68 Å². The SMILES string of the molecule is COc1cc(-n2nnnc2C(C)N)c(OC)cc1Cl. The molecule has 1 heterocycles. The highest BCUT2D eigenvalue weighted by Crippen LogP contribution is 2.34. The summed E-state index contributed by atoms with van der Waals surface area (Å²) < 4.78 is 12.0. The number of hydrogen-bond acceptors (Lipinski definition) is 6. The Balaban J connectivity index is 2.63. The summed E-state index contributed by atoms with van der Waals surface area (Å²) in [5.74, 6) is 1.55. The fourth-order valence-electron chi connectivity index (χ4n) is 1.66. The standard InChI is InChI=1S/C11H14ClN5O2/c1-6(13)11-14-15-16-17(11)8-5-9(18-2)7(12)4-10(8)19-3/h4-6H,13H2,1-3H3. The van der Waals surface area contributed by atoms with Gasteiger partial charge in [0.1, 0.15) is 17.2 Å². The van der Waals surface area contributed by atoms with Gasteiger partial charge in [-0.1, -0.05) is 11.6 Å². The molecule has 0 saturated heterocycles. The van der Waals surface area contributed by atoms with Gasteiger partial charge in [-0.15, -0.1) is 5.10 Å². The third-order valence-corrected chi connectivity index (χ3v) is 2.88. The van der Waals surface area contributed by atoms with Crippen LogP contribution >= 0.6 is 11.6 Å². The predicted octanol–water partition coefficient (Wildman–Crippen LogP) is 1.35. The number of tetrazole rings is 1. The van der Waals surface area contributed by atoms with Crippen molar-refractivity contribution in [2.75, 3.05) is 14.2 Å². The fourth-order valence-corrected chi connectivity index (χ4v) is 1.89.